The number of halogens is 2. The van der Waals surface area contributed by atoms with Crippen molar-refractivity contribution in [3.8, 4) is 11.5 Å². The third-order valence-corrected chi connectivity index (χ3v) is 3.65. The van der Waals surface area contributed by atoms with Crippen molar-refractivity contribution in [3.63, 3.8) is 0 Å². The molecule has 0 atom stereocenters. The number of hydrogen-bond acceptors (Lipinski definition) is 7. The standard InChI is InChI=1S/C18H17F2N5O2/c1-26-15-6-3-11(7-16(15)27-2)9-21-18-24-17(10-22-25-18)23-12-4-5-13(19)14(20)8-12/h3-8,10H,9H2,1-2H3,(H2,21,23,24,25). The van der Waals surface area contributed by atoms with Gasteiger partial charge in [0, 0.05) is 18.3 Å². The van der Waals surface area contributed by atoms with Gasteiger partial charge in [0.2, 0.25) is 5.95 Å². The minimum Gasteiger partial charge on any atom is -0.493 e. The molecule has 0 bridgehead atoms. The first-order chi connectivity index (χ1) is 13.1. The van der Waals surface area contributed by atoms with Gasteiger partial charge in [-0.2, -0.15) is 10.1 Å². The van der Waals surface area contributed by atoms with Crippen LogP contribution in [0.15, 0.2) is 42.6 Å². The molecule has 0 saturated heterocycles. The van der Waals surface area contributed by atoms with Gasteiger partial charge in [-0.05, 0) is 29.8 Å². The summed E-state index contributed by atoms with van der Waals surface area (Å²) in [6.07, 6.45) is 1.38. The molecule has 2 N–H and O–H groups in total. The summed E-state index contributed by atoms with van der Waals surface area (Å²) in [6, 6.07) is 8.98. The lowest BCUT2D eigenvalue weighted by molar-refractivity contribution is 0.354. The molecular weight excluding hydrogens is 356 g/mol. The summed E-state index contributed by atoms with van der Waals surface area (Å²) < 4.78 is 36.8. The fourth-order valence-corrected chi connectivity index (χ4v) is 2.33. The molecule has 0 saturated carbocycles. The highest BCUT2D eigenvalue weighted by Gasteiger charge is 2.07. The number of ether oxygens (including phenoxy) is 2. The van der Waals surface area contributed by atoms with Crippen molar-refractivity contribution < 1.29 is 18.3 Å². The van der Waals surface area contributed by atoms with Crippen LogP contribution in [0, 0.1) is 11.6 Å². The minimum atomic E-state index is -0.950. The second-order valence-electron chi connectivity index (χ2n) is 5.46. The molecule has 0 aliphatic heterocycles. The number of hydrogen-bond donors (Lipinski definition) is 2. The quantitative estimate of drug-likeness (QED) is 0.656. The lowest BCUT2D eigenvalue weighted by Crippen LogP contribution is -2.06. The Balaban J connectivity index is 1.68. The first kappa shape index (κ1) is 18.3. The third-order valence-electron chi connectivity index (χ3n) is 3.65. The Hall–Kier alpha value is -3.49. The topological polar surface area (TPSA) is 81.2 Å². The van der Waals surface area contributed by atoms with Gasteiger partial charge in [-0.15, -0.1) is 5.10 Å². The smallest absolute Gasteiger partial charge is 0.244 e. The Morgan fingerprint density at radius 2 is 1.78 bits per heavy atom. The Kier molecular flexibility index (Phi) is 5.60. The lowest BCUT2D eigenvalue weighted by atomic mass is 10.2. The van der Waals surface area contributed by atoms with Crippen LogP contribution < -0.4 is 20.1 Å². The molecule has 3 rings (SSSR count). The molecule has 27 heavy (non-hydrogen) atoms. The zero-order valence-corrected chi connectivity index (χ0v) is 14.7. The van der Waals surface area contributed by atoms with Crippen LogP contribution in [0.4, 0.5) is 26.2 Å². The third kappa shape index (κ3) is 4.57. The molecule has 3 aromatic rings. The molecular formula is C18H17F2N5O2. The van der Waals surface area contributed by atoms with E-state index in [0.717, 1.165) is 17.7 Å². The van der Waals surface area contributed by atoms with E-state index in [0.29, 0.717) is 29.5 Å². The highest BCUT2D eigenvalue weighted by molar-refractivity contribution is 5.56. The summed E-state index contributed by atoms with van der Waals surface area (Å²) in [5, 5.41) is 13.6. The Bertz CT molecular complexity index is 939. The summed E-state index contributed by atoms with van der Waals surface area (Å²) in [5.74, 6) is -0.00265. The van der Waals surface area contributed by atoms with Crippen molar-refractivity contribution in [2.24, 2.45) is 0 Å². The predicted octanol–water partition coefficient (Wildman–Crippen LogP) is 3.52. The summed E-state index contributed by atoms with van der Waals surface area (Å²) in [7, 11) is 3.14. The van der Waals surface area contributed by atoms with Crippen LogP contribution in [0.2, 0.25) is 0 Å². The van der Waals surface area contributed by atoms with Crippen LogP contribution in [0.25, 0.3) is 0 Å². The molecule has 9 heteroatoms. The maximum Gasteiger partial charge on any atom is 0.244 e. The molecule has 1 heterocycles. The number of nitrogens with zero attached hydrogens (tertiary/aromatic N) is 3. The van der Waals surface area contributed by atoms with Crippen molar-refractivity contribution in [1.29, 1.82) is 0 Å². The fraction of sp³-hybridized carbons (Fsp3) is 0.167. The van der Waals surface area contributed by atoms with E-state index in [2.05, 4.69) is 25.8 Å². The zero-order chi connectivity index (χ0) is 19.2. The van der Waals surface area contributed by atoms with E-state index in [9.17, 15) is 8.78 Å². The number of anilines is 3. The summed E-state index contributed by atoms with van der Waals surface area (Å²) >= 11 is 0. The highest BCUT2D eigenvalue weighted by Crippen LogP contribution is 2.27. The summed E-state index contributed by atoms with van der Waals surface area (Å²) in [6.45, 7) is 0.427. The maximum atomic E-state index is 13.3. The van der Waals surface area contributed by atoms with E-state index in [1.807, 2.05) is 12.1 Å². The van der Waals surface area contributed by atoms with Crippen molar-refractivity contribution in [2.45, 2.75) is 6.54 Å². The minimum absolute atomic E-state index is 0.275. The molecule has 0 radical (unpaired) electrons. The van der Waals surface area contributed by atoms with Gasteiger partial charge in [-0.25, -0.2) is 8.78 Å². The lowest BCUT2D eigenvalue weighted by Gasteiger charge is -2.11. The molecule has 0 spiro atoms. The maximum absolute atomic E-state index is 13.3. The van der Waals surface area contributed by atoms with E-state index in [1.165, 1.54) is 12.3 Å². The van der Waals surface area contributed by atoms with E-state index in [1.54, 1.807) is 20.3 Å². The van der Waals surface area contributed by atoms with Crippen LogP contribution in [0.5, 0.6) is 11.5 Å². The normalized spacial score (nSPS) is 10.4. The van der Waals surface area contributed by atoms with Crippen LogP contribution in [-0.4, -0.2) is 29.4 Å². The number of benzene rings is 2. The Morgan fingerprint density at radius 3 is 2.52 bits per heavy atom. The number of methoxy groups -OCH3 is 2. The SMILES string of the molecule is COc1ccc(CNc2nncc(Nc3ccc(F)c(F)c3)n2)cc1OC. The average Bonchev–Trinajstić information content (AvgIpc) is 2.69. The van der Waals surface area contributed by atoms with Gasteiger partial charge >= 0.3 is 0 Å². The molecule has 7 nitrogen and oxygen atoms in total. The van der Waals surface area contributed by atoms with E-state index >= 15 is 0 Å². The van der Waals surface area contributed by atoms with Gasteiger partial charge in [0.25, 0.3) is 0 Å². The molecule has 0 aliphatic rings. The summed E-state index contributed by atoms with van der Waals surface area (Å²) in [4.78, 5) is 4.24. The van der Waals surface area contributed by atoms with Crippen molar-refractivity contribution >= 4 is 17.5 Å². The molecule has 1 aromatic heterocycles. The molecule has 2 aromatic carbocycles. The van der Waals surface area contributed by atoms with Crippen LogP contribution >= 0.6 is 0 Å². The first-order valence-corrected chi connectivity index (χ1v) is 7.95. The van der Waals surface area contributed by atoms with Crippen molar-refractivity contribution in [3.05, 3.63) is 59.8 Å². The highest BCUT2D eigenvalue weighted by atomic mass is 19.2. The van der Waals surface area contributed by atoms with Gasteiger partial charge in [-0.3, -0.25) is 0 Å². The second kappa shape index (κ2) is 8.26. The summed E-state index contributed by atoms with van der Waals surface area (Å²) in [5.41, 5.74) is 1.27. The number of nitrogens with one attached hydrogen (secondary N) is 2. The van der Waals surface area contributed by atoms with Gasteiger partial charge in [-0.1, -0.05) is 6.07 Å². The van der Waals surface area contributed by atoms with E-state index in [4.69, 9.17) is 9.47 Å². The van der Waals surface area contributed by atoms with E-state index < -0.39 is 11.6 Å². The molecule has 0 fully saturated rings. The molecule has 0 amide bonds. The van der Waals surface area contributed by atoms with Gasteiger partial charge in [0.1, 0.15) is 0 Å². The first-order valence-electron chi connectivity index (χ1n) is 7.95. The average molecular weight is 373 g/mol. The fourth-order valence-electron chi connectivity index (χ4n) is 2.33. The second-order valence-corrected chi connectivity index (χ2v) is 5.46. The van der Waals surface area contributed by atoms with Crippen LogP contribution in [-0.2, 0) is 6.54 Å². The van der Waals surface area contributed by atoms with Gasteiger partial charge in [0.15, 0.2) is 29.0 Å². The Labute approximate surface area is 154 Å². The molecule has 140 valence electrons. The van der Waals surface area contributed by atoms with E-state index in [-0.39, 0.29) is 5.95 Å². The van der Waals surface area contributed by atoms with Crippen molar-refractivity contribution in [2.75, 3.05) is 24.9 Å². The number of aromatic nitrogens is 3. The Morgan fingerprint density at radius 1 is 0.963 bits per heavy atom. The zero-order valence-electron chi connectivity index (χ0n) is 14.7. The van der Waals surface area contributed by atoms with Crippen LogP contribution in [0.3, 0.4) is 0 Å². The van der Waals surface area contributed by atoms with Gasteiger partial charge < -0.3 is 20.1 Å². The van der Waals surface area contributed by atoms with Crippen molar-refractivity contribution in [1.82, 2.24) is 15.2 Å². The monoisotopic (exact) mass is 373 g/mol. The number of rotatable bonds is 7. The van der Waals surface area contributed by atoms with Gasteiger partial charge in [0.05, 0.1) is 20.4 Å². The van der Waals surface area contributed by atoms with Crippen LogP contribution in [0.1, 0.15) is 5.56 Å². The largest absolute Gasteiger partial charge is 0.493 e. The molecule has 0 unspecified atom stereocenters. The predicted molar refractivity (Wildman–Crippen MR) is 96.3 cm³/mol. The molecule has 0 aliphatic carbocycles.